The van der Waals surface area contributed by atoms with Crippen LogP contribution in [0.15, 0.2) is 12.2 Å². The maximum absolute atomic E-state index is 5.91. The Labute approximate surface area is 87.5 Å². The van der Waals surface area contributed by atoms with Gasteiger partial charge in [-0.1, -0.05) is 32.9 Å². The van der Waals surface area contributed by atoms with Crippen molar-refractivity contribution in [3.63, 3.8) is 0 Å². The quantitative estimate of drug-likeness (QED) is 0.581. The van der Waals surface area contributed by atoms with Crippen LogP contribution in [0.5, 0.6) is 0 Å². The van der Waals surface area contributed by atoms with E-state index in [4.69, 9.17) is 4.74 Å². The van der Waals surface area contributed by atoms with Crippen LogP contribution < -0.4 is 0 Å². The van der Waals surface area contributed by atoms with Crippen molar-refractivity contribution in [1.29, 1.82) is 0 Å². The predicted octanol–water partition coefficient (Wildman–Crippen LogP) is 3.40. The van der Waals surface area contributed by atoms with Crippen molar-refractivity contribution in [3.8, 4) is 0 Å². The summed E-state index contributed by atoms with van der Waals surface area (Å²) in [7, 11) is 0. The minimum absolute atomic E-state index is 0.363. The van der Waals surface area contributed by atoms with E-state index in [0.29, 0.717) is 22.9 Å². The first-order valence-electron chi connectivity index (χ1n) is 5.74. The molecule has 0 spiro atoms. The van der Waals surface area contributed by atoms with Crippen molar-refractivity contribution in [2.45, 2.75) is 46.6 Å². The number of rotatable bonds is 1. The molecule has 0 bridgehead atoms. The highest BCUT2D eigenvalue weighted by molar-refractivity contribution is 5.10. The van der Waals surface area contributed by atoms with Gasteiger partial charge in [0.05, 0.1) is 12.7 Å². The highest BCUT2D eigenvalue weighted by atomic mass is 16.5. The molecular weight excluding hydrogens is 172 g/mol. The van der Waals surface area contributed by atoms with E-state index < -0.39 is 0 Å². The summed E-state index contributed by atoms with van der Waals surface area (Å²) in [5.41, 5.74) is 0.892. The van der Waals surface area contributed by atoms with Crippen LogP contribution >= 0.6 is 0 Å². The monoisotopic (exact) mass is 194 g/mol. The highest BCUT2D eigenvalue weighted by Gasteiger charge is 2.56. The van der Waals surface area contributed by atoms with Crippen LogP contribution in [0.2, 0.25) is 0 Å². The lowest BCUT2D eigenvalue weighted by Gasteiger charge is -2.32. The van der Waals surface area contributed by atoms with Crippen molar-refractivity contribution < 1.29 is 4.74 Å². The summed E-state index contributed by atoms with van der Waals surface area (Å²) in [6, 6.07) is 0. The van der Waals surface area contributed by atoms with Crippen molar-refractivity contribution in [1.82, 2.24) is 0 Å². The fourth-order valence-electron chi connectivity index (χ4n) is 3.60. The fourth-order valence-corrected chi connectivity index (χ4v) is 3.60. The molecule has 3 unspecified atom stereocenters. The first kappa shape index (κ1) is 10.2. The van der Waals surface area contributed by atoms with E-state index in [9.17, 15) is 0 Å². The molecule has 1 aliphatic heterocycles. The second kappa shape index (κ2) is 3.10. The Balaban J connectivity index is 2.28. The lowest BCUT2D eigenvalue weighted by Crippen LogP contribution is -2.32. The molecule has 1 heteroatoms. The van der Waals surface area contributed by atoms with Gasteiger partial charge in [-0.3, -0.25) is 0 Å². The molecule has 1 saturated heterocycles. The number of hydrogen-bond acceptors (Lipinski definition) is 1. The van der Waals surface area contributed by atoms with E-state index in [1.807, 2.05) is 0 Å². The molecule has 3 atom stereocenters. The molecule has 2 aliphatic rings. The number of allylic oxidation sites excluding steroid dienone is 1. The number of fused-ring (bicyclic) bond motifs is 1. The lowest BCUT2D eigenvalue weighted by molar-refractivity contribution is 0.0876. The number of hydrogen-bond donors (Lipinski definition) is 0. The van der Waals surface area contributed by atoms with Crippen molar-refractivity contribution >= 4 is 0 Å². The molecule has 0 amide bonds. The summed E-state index contributed by atoms with van der Waals surface area (Å²) in [4.78, 5) is 0. The topological polar surface area (TPSA) is 9.23 Å². The summed E-state index contributed by atoms with van der Waals surface area (Å²) >= 11 is 0. The molecule has 14 heavy (non-hydrogen) atoms. The van der Waals surface area contributed by atoms with Crippen LogP contribution in [0.3, 0.4) is 0 Å². The standard InChI is InChI=1S/C13H22O/c1-5-6-10-11-12(2,3)7-8-13(11,4)9-14-10/h5-6,10-11H,7-9H2,1-4H3. The van der Waals surface area contributed by atoms with Crippen LogP contribution in [0.1, 0.15) is 40.5 Å². The molecular formula is C13H22O. The molecule has 80 valence electrons. The SMILES string of the molecule is CC=CC1OCC2(C)CCC(C)(C)C12. The first-order valence-corrected chi connectivity index (χ1v) is 5.74. The smallest absolute Gasteiger partial charge is 0.0795 e. The largest absolute Gasteiger partial charge is 0.373 e. The van der Waals surface area contributed by atoms with Gasteiger partial charge in [0.15, 0.2) is 0 Å². The van der Waals surface area contributed by atoms with Gasteiger partial charge in [-0.25, -0.2) is 0 Å². The van der Waals surface area contributed by atoms with Gasteiger partial charge in [0.25, 0.3) is 0 Å². The van der Waals surface area contributed by atoms with Crippen molar-refractivity contribution in [2.24, 2.45) is 16.7 Å². The molecule has 0 aromatic heterocycles. The Hall–Kier alpha value is -0.300. The Morgan fingerprint density at radius 2 is 1.93 bits per heavy atom. The average molecular weight is 194 g/mol. The summed E-state index contributed by atoms with van der Waals surface area (Å²) < 4.78 is 5.91. The van der Waals surface area contributed by atoms with Crippen LogP contribution in [0, 0.1) is 16.7 Å². The third kappa shape index (κ3) is 1.33. The average Bonchev–Trinajstić information content (AvgIpc) is 2.53. The maximum Gasteiger partial charge on any atom is 0.0795 e. The van der Waals surface area contributed by atoms with E-state index in [-0.39, 0.29) is 0 Å². The summed E-state index contributed by atoms with van der Waals surface area (Å²) in [5.74, 6) is 0.714. The van der Waals surface area contributed by atoms with Gasteiger partial charge in [0.2, 0.25) is 0 Å². The second-order valence-electron chi connectivity index (χ2n) is 5.92. The second-order valence-corrected chi connectivity index (χ2v) is 5.92. The maximum atomic E-state index is 5.91. The van der Waals surface area contributed by atoms with Gasteiger partial charge in [0, 0.05) is 5.92 Å². The minimum Gasteiger partial charge on any atom is -0.373 e. The van der Waals surface area contributed by atoms with Crippen LogP contribution in [-0.2, 0) is 4.74 Å². The van der Waals surface area contributed by atoms with Gasteiger partial charge in [0.1, 0.15) is 0 Å². The zero-order chi connectivity index (χ0) is 10.4. The minimum atomic E-state index is 0.363. The van der Waals surface area contributed by atoms with Crippen LogP contribution in [0.25, 0.3) is 0 Å². The van der Waals surface area contributed by atoms with E-state index in [2.05, 4.69) is 39.8 Å². The van der Waals surface area contributed by atoms with E-state index in [1.165, 1.54) is 12.8 Å². The van der Waals surface area contributed by atoms with Gasteiger partial charge >= 0.3 is 0 Å². The molecule has 0 aromatic carbocycles. The normalized spacial score (nSPS) is 46.0. The van der Waals surface area contributed by atoms with Crippen LogP contribution in [-0.4, -0.2) is 12.7 Å². The Morgan fingerprint density at radius 3 is 2.57 bits per heavy atom. The Bertz CT molecular complexity index is 254. The van der Waals surface area contributed by atoms with Gasteiger partial charge < -0.3 is 4.74 Å². The van der Waals surface area contributed by atoms with Crippen molar-refractivity contribution in [3.05, 3.63) is 12.2 Å². The predicted molar refractivity (Wildman–Crippen MR) is 59.2 cm³/mol. The van der Waals surface area contributed by atoms with Gasteiger partial charge in [-0.05, 0) is 30.6 Å². The van der Waals surface area contributed by atoms with Gasteiger partial charge in [-0.15, -0.1) is 0 Å². The van der Waals surface area contributed by atoms with E-state index in [0.717, 1.165) is 6.61 Å². The zero-order valence-corrected chi connectivity index (χ0v) is 9.84. The van der Waals surface area contributed by atoms with E-state index in [1.54, 1.807) is 0 Å². The molecule has 0 radical (unpaired) electrons. The number of ether oxygens (including phenoxy) is 1. The molecule has 1 aliphatic carbocycles. The molecule has 0 N–H and O–H groups in total. The highest BCUT2D eigenvalue weighted by Crippen LogP contribution is 2.59. The fraction of sp³-hybridized carbons (Fsp3) is 0.846. The van der Waals surface area contributed by atoms with Crippen molar-refractivity contribution in [2.75, 3.05) is 6.61 Å². The van der Waals surface area contributed by atoms with Gasteiger partial charge in [-0.2, -0.15) is 0 Å². The van der Waals surface area contributed by atoms with E-state index >= 15 is 0 Å². The molecule has 1 heterocycles. The Morgan fingerprint density at radius 1 is 1.21 bits per heavy atom. The summed E-state index contributed by atoms with van der Waals surface area (Å²) in [5, 5.41) is 0. The molecule has 1 nitrogen and oxygen atoms in total. The third-order valence-corrected chi connectivity index (χ3v) is 4.25. The third-order valence-electron chi connectivity index (χ3n) is 4.25. The Kier molecular flexibility index (Phi) is 2.26. The molecule has 1 saturated carbocycles. The first-order chi connectivity index (χ1) is 6.49. The summed E-state index contributed by atoms with van der Waals surface area (Å²) in [6.45, 7) is 10.2. The zero-order valence-electron chi connectivity index (χ0n) is 9.84. The summed E-state index contributed by atoms with van der Waals surface area (Å²) in [6.07, 6.45) is 7.42. The lowest BCUT2D eigenvalue weighted by atomic mass is 9.70. The van der Waals surface area contributed by atoms with Crippen LogP contribution in [0.4, 0.5) is 0 Å². The molecule has 0 aromatic rings. The molecule has 2 rings (SSSR count). The molecule has 2 fully saturated rings.